The van der Waals surface area contributed by atoms with Crippen molar-refractivity contribution in [1.29, 1.82) is 0 Å². The number of rotatable bonds is 6. The minimum absolute atomic E-state index is 0. The topological polar surface area (TPSA) is 43.0 Å². The van der Waals surface area contributed by atoms with Crippen LogP contribution >= 0.6 is 36.2 Å². The summed E-state index contributed by atoms with van der Waals surface area (Å²) < 4.78 is 16.8. The summed E-state index contributed by atoms with van der Waals surface area (Å²) in [5.74, 6) is 2.32. The van der Waals surface area contributed by atoms with E-state index in [0.717, 1.165) is 49.0 Å². The molecule has 0 aliphatic carbocycles. The van der Waals surface area contributed by atoms with Crippen molar-refractivity contribution in [2.24, 2.45) is 0 Å². The number of ether oxygens (including phenoxy) is 3. The fourth-order valence-electron chi connectivity index (χ4n) is 3.19. The van der Waals surface area contributed by atoms with Crippen molar-refractivity contribution in [2.75, 3.05) is 47.5 Å². The van der Waals surface area contributed by atoms with Crippen molar-refractivity contribution in [2.45, 2.75) is 6.04 Å². The fourth-order valence-corrected chi connectivity index (χ4v) is 4.06. The predicted molar refractivity (Wildman–Crippen MR) is 111 cm³/mol. The normalized spacial score (nSPS) is 15.3. The van der Waals surface area contributed by atoms with E-state index in [1.807, 2.05) is 12.1 Å². The molecule has 0 unspecified atom stereocenters. The molecule has 0 amide bonds. The van der Waals surface area contributed by atoms with Gasteiger partial charge in [0.05, 0.1) is 32.9 Å². The van der Waals surface area contributed by atoms with Gasteiger partial charge in [-0.2, -0.15) is 0 Å². The number of piperazine rings is 1. The summed E-state index contributed by atoms with van der Waals surface area (Å²) in [6.45, 7) is 3.95. The largest absolute Gasteiger partial charge is 0.496 e. The van der Waals surface area contributed by atoms with Gasteiger partial charge in [-0.25, -0.2) is 0 Å². The molecular weight excluding hydrogens is 395 g/mol. The average Bonchev–Trinajstić information content (AvgIpc) is 3.17. The lowest BCUT2D eigenvalue weighted by Crippen LogP contribution is -2.45. The molecule has 1 aromatic heterocycles. The monoisotopic (exact) mass is 420 g/mol. The van der Waals surface area contributed by atoms with Gasteiger partial charge in [0.2, 0.25) is 0 Å². The summed E-state index contributed by atoms with van der Waals surface area (Å²) in [4.78, 5) is 3.77. The van der Waals surface area contributed by atoms with Gasteiger partial charge in [0, 0.05) is 43.2 Å². The van der Waals surface area contributed by atoms with Crippen LogP contribution in [-0.4, -0.2) is 52.4 Å². The molecule has 3 rings (SSSR count). The van der Waals surface area contributed by atoms with Crippen molar-refractivity contribution in [1.82, 2.24) is 10.2 Å². The number of methoxy groups -OCH3 is 3. The first kappa shape index (κ1) is 22.9. The molecule has 0 saturated carbocycles. The van der Waals surface area contributed by atoms with E-state index in [-0.39, 0.29) is 30.9 Å². The van der Waals surface area contributed by atoms with Crippen molar-refractivity contribution < 1.29 is 14.2 Å². The van der Waals surface area contributed by atoms with E-state index in [1.165, 1.54) is 4.88 Å². The van der Waals surface area contributed by atoms with Crippen LogP contribution in [-0.2, 0) is 0 Å². The van der Waals surface area contributed by atoms with Crippen LogP contribution in [0.5, 0.6) is 17.2 Å². The predicted octanol–water partition coefficient (Wildman–Crippen LogP) is 3.61. The first-order valence-electron chi connectivity index (χ1n) is 8.06. The second-order valence-electron chi connectivity index (χ2n) is 5.65. The molecule has 0 radical (unpaired) electrons. The molecule has 1 aromatic carbocycles. The number of nitrogens with one attached hydrogen (secondary N) is 1. The van der Waals surface area contributed by atoms with Gasteiger partial charge in [-0.05, 0) is 11.4 Å². The summed E-state index contributed by atoms with van der Waals surface area (Å²) in [6.07, 6.45) is 0. The maximum Gasteiger partial charge on any atom is 0.131 e. The zero-order valence-corrected chi connectivity index (χ0v) is 17.6. The summed E-state index contributed by atoms with van der Waals surface area (Å²) in [5, 5.41) is 5.54. The third-order valence-corrected chi connectivity index (χ3v) is 5.28. The van der Waals surface area contributed by atoms with E-state index in [2.05, 4.69) is 27.7 Å². The third-order valence-electron chi connectivity index (χ3n) is 4.36. The highest BCUT2D eigenvalue weighted by molar-refractivity contribution is 7.10. The molecule has 1 saturated heterocycles. The number of halogens is 2. The van der Waals surface area contributed by atoms with E-state index >= 15 is 0 Å². The van der Waals surface area contributed by atoms with Crippen LogP contribution in [0.3, 0.4) is 0 Å². The molecule has 2 aromatic rings. The number of thiophene rings is 1. The Balaban J connectivity index is 0.00000169. The Bertz CT molecular complexity index is 639. The van der Waals surface area contributed by atoms with Crippen molar-refractivity contribution in [3.63, 3.8) is 0 Å². The van der Waals surface area contributed by atoms with Crippen molar-refractivity contribution in [3.8, 4) is 17.2 Å². The Labute approximate surface area is 171 Å². The standard InChI is InChI=1S/C18H24N2O3S.2ClH/c1-21-13-11-14(22-2)17(15(12-13)23-3)18(16-5-4-10-24-16)20-8-6-19-7-9-20;;/h4-5,10-12,18-19H,6-9H2,1-3H3;2*1H/t18-;;/m0../s1. The Hall–Kier alpha value is -1.18. The van der Waals surface area contributed by atoms with Crippen LogP contribution in [0.1, 0.15) is 16.5 Å². The molecule has 0 bridgehead atoms. The van der Waals surface area contributed by atoms with E-state index in [0.29, 0.717) is 0 Å². The van der Waals surface area contributed by atoms with Crippen LogP contribution in [0, 0.1) is 0 Å². The maximum absolute atomic E-state index is 5.70. The second kappa shape index (κ2) is 10.8. The second-order valence-corrected chi connectivity index (χ2v) is 6.63. The molecule has 146 valence electrons. The van der Waals surface area contributed by atoms with E-state index in [4.69, 9.17) is 14.2 Å². The third kappa shape index (κ3) is 4.75. The van der Waals surface area contributed by atoms with Crippen molar-refractivity contribution >= 4 is 36.2 Å². The molecule has 1 atom stereocenters. The summed E-state index contributed by atoms with van der Waals surface area (Å²) in [7, 11) is 5.04. The van der Waals surface area contributed by atoms with Crippen LogP contribution in [0.4, 0.5) is 0 Å². The summed E-state index contributed by atoms with van der Waals surface area (Å²) in [6, 6.07) is 8.25. The van der Waals surface area contributed by atoms with Gasteiger partial charge in [-0.15, -0.1) is 36.2 Å². The smallest absolute Gasteiger partial charge is 0.131 e. The summed E-state index contributed by atoms with van der Waals surface area (Å²) >= 11 is 1.76. The molecule has 5 nitrogen and oxygen atoms in total. The average molecular weight is 421 g/mol. The Morgan fingerprint density at radius 2 is 1.62 bits per heavy atom. The first-order chi connectivity index (χ1) is 11.8. The van der Waals surface area contributed by atoms with Crippen molar-refractivity contribution in [3.05, 3.63) is 40.1 Å². The minimum Gasteiger partial charge on any atom is -0.496 e. The minimum atomic E-state index is 0. The zero-order valence-electron chi connectivity index (χ0n) is 15.2. The lowest BCUT2D eigenvalue weighted by atomic mass is 9.99. The quantitative estimate of drug-likeness (QED) is 0.772. The highest BCUT2D eigenvalue weighted by Crippen LogP contribution is 2.44. The highest BCUT2D eigenvalue weighted by atomic mass is 35.5. The number of hydrogen-bond donors (Lipinski definition) is 1. The van der Waals surface area contributed by atoms with Gasteiger partial charge >= 0.3 is 0 Å². The molecule has 8 heteroatoms. The molecule has 0 spiro atoms. The SMILES string of the molecule is COc1cc(OC)c([C@H](c2cccs2)N2CCNCC2)c(OC)c1.Cl.Cl. The number of nitrogens with zero attached hydrogens (tertiary/aromatic N) is 1. The van der Waals surface area contributed by atoms with E-state index in [1.54, 1.807) is 32.7 Å². The molecule has 26 heavy (non-hydrogen) atoms. The molecule has 1 aliphatic rings. The molecular formula is C18H26Cl2N2O3S. The molecule has 2 heterocycles. The Morgan fingerprint density at radius 1 is 1.00 bits per heavy atom. The number of hydrogen-bond acceptors (Lipinski definition) is 6. The molecule has 1 N–H and O–H groups in total. The lowest BCUT2D eigenvalue weighted by molar-refractivity contribution is 0.194. The van der Waals surface area contributed by atoms with Gasteiger partial charge < -0.3 is 19.5 Å². The Morgan fingerprint density at radius 3 is 2.08 bits per heavy atom. The number of benzene rings is 1. The van der Waals surface area contributed by atoms with Gasteiger partial charge in [0.25, 0.3) is 0 Å². The Kier molecular flexibility index (Phi) is 9.54. The van der Waals surface area contributed by atoms with Gasteiger partial charge in [-0.1, -0.05) is 6.07 Å². The van der Waals surface area contributed by atoms with Gasteiger partial charge in [-0.3, -0.25) is 4.90 Å². The van der Waals surface area contributed by atoms with Gasteiger partial charge in [0.1, 0.15) is 17.2 Å². The van der Waals surface area contributed by atoms with Crippen LogP contribution < -0.4 is 19.5 Å². The van der Waals surface area contributed by atoms with Crippen LogP contribution in [0.25, 0.3) is 0 Å². The van der Waals surface area contributed by atoms with E-state index in [9.17, 15) is 0 Å². The van der Waals surface area contributed by atoms with E-state index < -0.39 is 0 Å². The molecule has 1 fully saturated rings. The van der Waals surface area contributed by atoms with Crippen LogP contribution in [0.15, 0.2) is 29.6 Å². The van der Waals surface area contributed by atoms with Gasteiger partial charge in [0.15, 0.2) is 0 Å². The summed E-state index contributed by atoms with van der Waals surface area (Å²) in [5.41, 5.74) is 1.06. The first-order valence-corrected chi connectivity index (χ1v) is 8.94. The highest BCUT2D eigenvalue weighted by Gasteiger charge is 2.30. The molecule has 1 aliphatic heterocycles. The zero-order chi connectivity index (χ0) is 16.9. The van der Waals surface area contributed by atoms with Crippen LogP contribution in [0.2, 0.25) is 0 Å². The maximum atomic E-state index is 5.70. The fraction of sp³-hybridized carbons (Fsp3) is 0.444. The lowest BCUT2D eigenvalue weighted by Gasteiger charge is -2.36.